The van der Waals surface area contributed by atoms with Crippen LogP contribution in [0, 0.1) is 11.3 Å². The highest BCUT2D eigenvalue weighted by Gasteiger charge is 2.35. The number of allylic oxidation sites excluding steroid dienone is 2. The van der Waals surface area contributed by atoms with Crippen LogP contribution in [0.4, 0.5) is 0 Å². The Labute approximate surface area is 150 Å². The van der Waals surface area contributed by atoms with Crippen LogP contribution < -0.4 is 5.73 Å². The SMILES string of the molecule is CC(C)CC(=N[C@@H](CCCCN)C(=O)O)C1=C(O)CC(C)(C)CC1=O. The molecule has 25 heavy (non-hydrogen) atoms. The Morgan fingerprint density at radius 3 is 2.40 bits per heavy atom. The fourth-order valence-electron chi connectivity index (χ4n) is 3.14. The monoisotopic (exact) mass is 352 g/mol. The smallest absolute Gasteiger partial charge is 0.328 e. The van der Waals surface area contributed by atoms with E-state index in [4.69, 9.17) is 5.73 Å². The van der Waals surface area contributed by atoms with Crippen molar-refractivity contribution in [1.29, 1.82) is 0 Å². The number of rotatable bonds is 9. The third-order valence-electron chi connectivity index (χ3n) is 4.27. The van der Waals surface area contributed by atoms with Gasteiger partial charge in [0.15, 0.2) is 5.78 Å². The van der Waals surface area contributed by atoms with E-state index in [1.54, 1.807) is 0 Å². The van der Waals surface area contributed by atoms with E-state index in [0.29, 0.717) is 44.4 Å². The molecule has 0 amide bonds. The number of hydrogen-bond donors (Lipinski definition) is 3. The Bertz CT molecular complexity index is 562. The van der Waals surface area contributed by atoms with Crippen molar-refractivity contribution in [2.45, 2.75) is 72.3 Å². The van der Waals surface area contributed by atoms with E-state index in [0.717, 1.165) is 6.42 Å². The van der Waals surface area contributed by atoms with Crippen molar-refractivity contribution in [3.63, 3.8) is 0 Å². The molecule has 0 fully saturated rings. The van der Waals surface area contributed by atoms with Gasteiger partial charge in [0.25, 0.3) is 0 Å². The van der Waals surface area contributed by atoms with Crippen LogP contribution in [0.5, 0.6) is 0 Å². The summed E-state index contributed by atoms with van der Waals surface area (Å²) in [7, 11) is 0. The molecule has 0 saturated heterocycles. The fraction of sp³-hybridized carbons (Fsp3) is 0.737. The summed E-state index contributed by atoms with van der Waals surface area (Å²) >= 11 is 0. The summed E-state index contributed by atoms with van der Waals surface area (Å²) in [5, 5.41) is 19.9. The molecule has 0 spiro atoms. The summed E-state index contributed by atoms with van der Waals surface area (Å²) < 4.78 is 0. The number of carbonyl (C=O) groups is 2. The van der Waals surface area contributed by atoms with Crippen LogP contribution in [0.15, 0.2) is 16.3 Å². The number of aliphatic carboxylic acids is 1. The maximum absolute atomic E-state index is 12.6. The minimum Gasteiger partial charge on any atom is -0.511 e. The lowest BCUT2D eigenvalue weighted by molar-refractivity contribution is -0.138. The molecule has 6 heteroatoms. The van der Waals surface area contributed by atoms with Crippen molar-refractivity contribution >= 4 is 17.5 Å². The van der Waals surface area contributed by atoms with Crippen LogP contribution in [-0.4, -0.2) is 40.3 Å². The standard InChI is InChI=1S/C19H32N2O4/c1-12(2)9-14(21-13(18(24)25)7-5-6-8-20)17-15(22)10-19(3,4)11-16(17)23/h12-13,22H,5-11,20H2,1-4H3,(H,24,25)/t13-/m0/s1. The van der Waals surface area contributed by atoms with Crippen molar-refractivity contribution < 1.29 is 19.8 Å². The molecule has 0 bridgehead atoms. The van der Waals surface area contributed by atoms with Gasteiger partial charge in [0, 0.05) is 12.8 Å². The van der Waals surface area contributed by atoms with E-state index in [9.17, 15) is 19.8 Å². The average Bonchev–Trinajstić information content (AvgIpc) is 2.43. The van der Waals surface area contributed by atoms with Gasteiger partial charge < -0.3 is 15.9 Å². The van der Waals surface area contributed by atoms with Crippen molar-refractivity contribution in [2.24, 2.45) is 22.1 Å². The minimum atomic E-state index is -1.01. The van der Waals surface area contributed by atoms with E-state index >= 15 is 0 Å². The molecular weight excluding hydrogens is 320 g/mol. The van der Waals surface area contributed by atoms with Gasteiger partial charge in [-0.2, -0.15) is 0 Å². The maximum atomic E-state index is 12.6. The van der Waals surface area contributed by atoms with Crippen LogP contribution in [0.3, 0.4) is 0 Å². The number of aliphatic imine (C=N–C) groups is 1. The van der Waals surface area contributed by atoms with Gasteiger partial charge in [0.05, 0.1) is 11.3 Å². The largest absolute Gasteiger partial charge is 0.511 e. The number of carboxylic acids is 1. The molecule has 0 aromatic rings. The number of aliphatic hydroxyl groups is 1. The molecule has 0 aromatic carbocycles. The molecule has 1 aliphatic carbocycles. The van der Waals surface area contributed by atoms with Gasteiger partial charge in [-0.15, -0.1) is 0 Å². The second-order valence-corrected chi connectivity index (χ2v) is 8.07. The Morgan fingerprint density at radius 2 is 1.92 bits per heavy atom. The molecule has 0 unspecified atom stereocenters. The number of carbonyl (C=O) groups excluding carboxylic acids is 1. The van der Waals surface area contributed by atoms with E-state index in [2.05, 4.69) is 4.99 Å². The number of Topliss-reactive ketones (excluding diaryl/α,β-unsaturated/α-hetero) is 1. The zero-order chi connectivity index (χ0) is 19.2. The van der Waals surface area contributed by atoms with Gasteiger partial charge in [-0.25, -0.2) is 4.79 Å². The highest BCUT2D eigenvalue weighted by molar-refractivity contribution is 6.23. The molecule has 6 nitrogen and oxygen atoms in total. The minimum absolute atomic E-state index is 0.0340. The fourth-order valence-corrected chi connectivity index (χ4v) is 3.14. The van der Waals surface area contributed by atoms with Crippen molar-refractivity contribution in [3.8, 4) is 0 Å². The Balaban J connectivity index is 3.22. The molecule has 1 aliphatic rings. The van der Waals surface area contributed by atoms with Crippen molar-refractivity contribution in [1.82, 2.24) is 0 Å². The normalized spacial score (nSPS) is 19.4. The molecule has 1 rings (SSSR count). The molecular formula is C19H32N2O4. The number of hydrogen-bond acceptors (Lipinski definition) is 5. The summed E-state index contributed by atoms with van der Waals surface area (Å²) in [4.78, 5) is 28.6. The summed E-state index contributed by atoms with van der Waals surface area (Å²) in [6.07, 6.45) is 2.97. The second kappa shape index (κ2) is 9.13. The van der Waals surface area contributed by atoms with Crippen molar-refractivity contribution in [2.75, 3.05) is 6.54 Å². The number of aliphatic hydroxyl groups excluding tert-OH is 1. The summed E-state index contributed by atoms with van der Waals surface area (Å²) in [6.45, 7) is 8.34. The predicted octanol–water partition coefficient (Wildman–Crippen LogP) is 3.26. The third-order valence-corrected chi connectivity index (χ3v) is 4.27. The molecule has 0 heterocycles. The molecule has 0 aromatic heterocycles. The van der Waals surface area contributed by atoms with E-state index in [1.165, 1.54) is 0 Å². The Kier molecular flexibility index (Phi) is 7.80. The number of nitrogens with zero attached hydrogens (tertiary/aromatic N) is 1. The first-order valence-corrected chi connectivity index (χ1v) is 9.02. The van der Waals surface area contributed by atoms with Crippen LogP contribution in [0.2, 0.25) is 0 Å². The van der Waals surface area contributed by atoms with E-state index in [-0.39, 0.29) is 28.4 Å². The molecule has 0 radical (unpaired) electrons. The summed E-state index contributed by atoms with van der Waals surface area (Å²) in [5.41, 5.74) is 5.84. The quantitative estimate of drug-likeness (QED) is 0.435. The van der Waals surface area contributed by atoms with Gasteiger partial charge in [0.1, 0.15) is 11.8 Å². The Morgan fingerprint density at radius 1 is 1.28 bits per heavy atom. The second-order valence-electron chi connectivity index (χ2n) is 8.07. The lowest BCUT2D eigenvalue weighted by atomic mass is 9.75. The van der Waals surface area contributed by atoms with Crippen LogP contribution in [-0.2, 0) is 9.59 Å². The summed E-state index contributed by atoms with van der Waals surface area (Å²) in [5.74, 6) is -0.937. The van der Waals surface area contributed by atoms with E-state index < -0.39 is 12.0 Å². The molecule has 1 atom stereocenters. The van der Waals surface area contributed by atoms with Crippen LogP contribution in [0.1, 0.15) is 66.2 Å². The van der Waals surface area contributed by atoms with Gasteiger partial charge in [-0.05, 0) is 43.6 Å². The highest BCUT2D eigenvalue weighted by atomic mass is 16.4. The number of unbranched alkanes of at least 4 members (excludes halogenated alkanes) is 1. The highest BCUT2D eigenvalue weighted by Crippen LogP contribution is 2.37. The zero-order valence-electron chi connectivity index (χ0n) is 15.8. The maximum Gasteiger partial charge on any atom is 0.328 e. The van der Waals surface area contributed by atoms with Crippen molar-refractivity contribution in [3.05, 3.63) is 11.3 Å². The van der Waals surface area contributed by atoms with Gasteiger partial charge in [0.2, 0.25) is 0 Å². The zero-order valence-corrected chi connectivity index (χ0v) is 15.8. The van der Waals surface area contributed by atoms with Crippen LogP contribution >= 0.6 is 0 Å². The first-order chi connectivity index (χ1) is 11.6. The Hall–Kier alpha value is -1.69. The van der Waals surface area contributed by atoms with Gasteiger partial charge >= 0.3 is 5.97 Å². The predicted molar refractivity (Wildman–Crippen MR) is 98.9 cm³/mol. The summed E-state index contributed by atoms with van der Waals surface area (Å²) in [6, 6.07) is -0.914. The lowest BCUT2D eigenvalue weighted by Gasteiger charge is -2.30. The molecule has 0 saturated carbocycles. The van der Waals surface area contributed by atoms with E-state index in [1.807, 2.05) is 27.7 Å². The molecule has 142 valence electrons. The van der Waals surface area contributed by atoms with Crippen LogP contribution in [0.25, 0.3) is 0 Å². The number of carboxylic acid groups (broad SMARTS) is 1. The number of ketones is 1. The topological polar surface area (TPSA) is 113 Å². The molecule has 0 aliphatic heterocycles. The van der Waals surface area contributed by atoms with Gasteiger partial charge in [-0.3, -0.25) is 9.79 Å². The molecule has 4 N–H and O–H groups in total. The first-order valence-electron chi connectivity index (χ1n) is 9.02. The lowest BCUT2D eigenvalue weighted by Crippen LogP contribution is -2.31. The average molecular weight is 352 g/mol. The first kappa shape index (κ1) is 21.4. The third kappa shape index (κ3) is 6.61. The van der Waals surface area contributed by atoms with Gasteiger partial charge in [-0.1, -0.05) is 27.7 Å². The number of nitrogens with two attached hydrogens (primary N) is 1.